The number of hydrogen-bond donors (Lipinski definition) is 0. The molecule has 1 aliphatic rings. The van der Waals surface area contributed by atoms with Gasteiger partial charge in [0.25, 0.3) is 0 Å². The topological polar surface area (TPSA) is 71.8 Å². The summed E-state index contributed by atoms with van der Waals surface area (Å²) in [5.74, 6) is 0.729. The fourth-order valence-electron chi connectivity index (χ4n) is 3.67. The number of Topliss-reactive ketones (excluding diaryl/α,β-unsaturated/α-hetero) is 1. The summed E-state index contributed by atoms with van der Waals surface area (Å²) in [4.78, 5) is 15.0. The second-order valence-corrected chi connectivity index (χ2v) is 10.0. The van der Waals surface area contributed by atoms with Crippen LogP contribution in [0, 0.1) is 13.8 Å². The highest BCUT2D eigenvalue weighted by Gasteiger charge is 2.29. The summed E-state index contributed by atoms with van der Waals surface area (Å²) in [5.41, 5.74) is 2.76. The Morgan fingerprint density at radius 1 is 1.07 bits per heavy atom. The van der Waals surface area contributed by atoms with Gasteiger partial charge in [0.15, 0.2) is 5.78 Å². The fourth-order valence-corrected chi connectivity index (χ4v) is 5.09. The van der Waals surface area contributed by atoms with E-state index in [1.165, 1.54) is 4.31 Å². The lowest BCUT2D eigenvalue weighted by Crippen LogP contribution is -2.49. The molecule has 1 saturated heterocycles. The molecule has 0 aliphatic carbocycles. The summed E-state index contributed by atoms with van der Waals surface area (Å²) in [7, 11) is -1.61. The number of hydrogen-bond acceptors (Lipinski definition) is 5. The molecule has 0 amide bonds. The van der Waals surface area contributed by atoms with Gasteiger partial charge in [-0.05, 0) is 58.0 Å². The van der Waals surface area contributed by atoms with Crippen molar-refractivity contribution in [2.45, 2.75) is 38.7 Å². The Morgan fingerprint density at radius 2 is 1.67 bits per heavy atom. The Labute approximate surface area is 179 Å². The third-order valence-corrected chi connectivity index (χ3v) is 7.52. The number of benzene rings is 1. The van der Waals surface area contributed by atoms with Gasteiger partial charge in [0.1, 0.15) is 5.75 Å². The quantitative estimate of drug-likeness (QED) is 0.628. The van der Waals surface area contributed by atoms with Crippen LogP contribution < -0.4 is 4.74 Å². The Hall–Kier alpha value is -2.16. The van der Waals surface area contributed by atoms with Crippen LogP contribution in [0.1, 0.15) is 35.6 Å². The molecule has 0 bridgehead atoms. The number of carbonyl (C=O) groups excluding carboxylic acids is 1. The molecule has 0 N–H and O–H groups in total. The van der Waals surface area contributed by atoms with Crippen LogP contribution in [0.5, 0.6) is 5.75 Å². The van der Waals surface area contributed by atoms with Gasteiger partial charge in [-0.2, -0.15) is 4.31 Å². The van der Waals surface area contributed by atoms with Crippen molar-refractivity contribution in [1.82, 2.24) is 13.8 Å². The van der Waals surface area contributed by atoms with Crippen molar-refractivity contribution < 1.29 is 17.9 Å². The maximum Gasteiger partial charge on any atom is 0.243 e. The molecule has 0 saturated carbocycles. The number of carbonyl (C=O) groups is 1. The summed E-state index contributed by atoms with van der Waals surface area (Å²) in [6, 6.07) is 8.47. The van der Waals surface area contributed by atoms with Crippen molar-refractivity contribution >= 4 is 15.8 Å². The molecule has 8 heteroatoms. The zero-order chi connectivity index (χ0) is 22.1. The molecule has 0 spiro atoms. The van der Waals surface area contributed by atoms with Crippen LogP contribution in [0.3, 0.4) is 0 Å². The van der Waals surface area contributed by atoms with E-state index in [1.54, 1.807) is 24.3 Å². The molecule has 3 rings (SSSR count). The first kappa shape index (κ1) is 22.5. The number of rotatable bonds is 7. The van der Waals surface area contributed by atoms with E-state index in [4.69, 9.17) is 4.74 Å². The predicted molar refractivity (Wildman–Crippen MR) is 117 cm³/mol. The molecule has 0 radical (unpaired) electrons. The largest absolute Gasteiger partial charge is 0.491 e. The number of ether oxygens (including phenoxy) is 1. The van der Waals surface area contributed by atoms with Gasteiger partial charge < -0.3 is 9.30 Å². The second kappa shape index (κ2) is 8.91. The third-order valence-electron chi connectivity index (χ3n) is 5.61. The van der Waals surface area contributed by atoms with Crippen molar-refractivity contribution in [3.63, 3.8) is 0 Å². The number of piperazine rings is 1. The number of aromatic nitrogens is 1. The lowest BCUT2D eigenvalue weighted by Gasteiger charge is -2.33. The van der Waals surface area contributed by atoms with Crippen LogP contribution in [0.15, 0.2) is 35.2 Å². The van der Waals surface area contributed by atoms with Crippen LogP contribution in [0.4, 0.5) is 0 Å². The molecule has 0 unspecified atom stereocenters. The third kappa shape index (κ3) is 4.77. The van der Waals surface area contributed by atoms with Crippen molar-refractivity contribution in [3.8, 4) is 5.75 Å². The first-order chi connectivity index (χ1) is 14.1. The molecule has 7 nitrogen and oxygen atoms in total. The molecule has 1 aromatic heterocycles. The van der Waals surface area contributed by atoms with Crippen molar-refractivity contribution in [1.29, 1.82) is 0 Å². The number of nitrogens with zero attached hydrogens (tertiary/aromatic N) is 3. The minimum absolute atomic E-state index is 0.0341. The van der Waals surface area contributed by atoms with Gasteiger partial charge in [0.05, 0.1) is 17.5 Å². The first-order valence-corrected chi connectivity index (χ1v) is 11.7. The van der Waals surface area contributed by atoms with Crippen LogP contribution in [-0.2, 0) is 17.1 Å². The van der Waals surface area contributed by atoms with E-state index in [9.17, 15) is 13.2 Å². The standard InChI is InChI=1S/C22H31N3O4S/c1-16(2)29-19-6-8-20(9-7-19)30(27,28)25-12-10-24(11-13-25)15-22(26)21-14-17(3)23(5)18(21)4/h6-9,14,16H,10-13,15H2,1-5H3. The maximum absolute atomic E-state index is 13.0. The molecule has 0 atom stereocenters. The molecule has 30 heavy (non-hydrogen) atoms. The lowest BCUT2D eigenvalue weighted by molar-refractivity contribution is 0.0901. The van der Waals surface area contributed by atoms with Crippen molar-refractivity contribution in [2.24, 2.45) is 7.05 Å². The van der Waals surface area contributed by atoms with Gasteiger partial charge in [-0.3, -0.25) is 9.69 Å². The van der Waals surface area contributed by atoms with E-state index in [1.807, 2.05) is 50.3 Å². The SMILES string of the molecule is Cc1cc(C(=O)CN2CCN(S(=O)(=O)c3ccc(OC(C)C)cc3)CC2)c(C)n1C. The summed E-state index contributed by atoms with van der Waals surface area (Å²) in [5, 5.41) is 0. The first-order valence-electron chi connectivity index (χ1n) is 10.2. The Bertz CT molecular complexity index is 1000. The minimum atomic E-state index is -3.56. The molecular weight excluding hydrogens is 402 g/mol. The molecular formula is C22H31N3O4S. The number of ketones is 1. The van der Waals surface area contributed by atoms with Gasteiger partial charge in [-0.25, -0.2) is 8.42 Å². The zero-order valence-electron chi connectivity index (χ0n) is 18.4. The molecule has 2 aromatic rings. The average Bonchev–Trinajstić information content (AvgIpc) is 2.96. The van der Waals surface area contributed by atoms with Crippen molar-refractivity contribution in [3.05, 3.63) is 47.3 Å². The summed E-state index contributed by atoms with van der Waals surface area (Å²) >= 11 is 0. The number of aryl methyl sites for hydroxylation is 1. The van der Waals surface area contributed by atoms with Gasteiger partial charge >= 0.3 is 0 Å². The van der Waals surface area contributed by atoms with E-state index in [0.717, 1.165) is 17.0 Å². The Kier molecular flexibility index (Phi) is 6.69. The molecule has 1 aromatic carbocycles. The highest BCUT2D eigenvalue weighted by Crippen LogP contribution is 2.22. The number of sulfonamides is 1. The van der Waals surface area contributed by atoms with Crippen LogP contribution in [0.25, 0.3) is 0 Å². The van der Waals surface area contributed by atoms with Crippen LogP contribution in [-0.4, -0.2) is 66.8 Å². The van der Waals surface area contributed by atoms with E-state index < -0.39 is 10.0 Å². The van der Waals surface area contributed by atoms with Gasteiger partial charge in [0, 0.05) is 50.2 Å². The summed E-state index contributed by atoms with van der Waals surface area (Å²) in [6.45, 7) is 9.88. The predicted octanol–water partition coefficient (Wildman–Crippen LogP) is 2.62. The second-order valence-electron chi connectivity index (χ2n) is 8.09. The smallest absolute Gasteiger partial charge is 0.243 e. The monoisotopic (exact) mass is 433 g/mol. The highest BCUT2D eigenvalue weighted by atomic mass is 32.2. The van der Waals surface area contributed by atoms with Gasteiger partial charge in [-0.1, -0.05) is 0 Å². The minimum Gasteiger partial charge on any atom is -0.491 e. The maximum atomic E-state index is 13.0. The Morgan fingerprint density at radius 3 is 2.17 bits per heavy atom. The molecule has 164 valence electrons. The van der Waals surface area contributed by atoms with Gasteiger partial charge in [-0.15, -0.1) is 0 Å². The van der Waals surface area contributed by atoms with Crippen LogP contribution in [0.2, 0.25) is 0 Å². The van der Waals surface area contributed by atoms with Crippen LogP contribution >= 0.6 is 0 Å². The average molecular weight is 434 g/mol. The van der Waals surface area contributed by atoms with Crippen molar-refractivity contribution in [2.75, 3.05) is 32.7 Å². The van der Waals surface area contributed by atoms with E-state index in [-0.39, 0.29) is 16.8 Å². The lowest BCUT2D eigenvalue weighted by atomic mass is 10.1. The fraction of sp³-hybridized carbons (Fsp3) is 0.500. The normalized spacial score (nSPS) is 16.2. The molecule has 1 fully saturated rings. The molecule has 2 heterocycles. The summed E-state index contributed by atoms with van der Waals surface area (Å²) in [6.07, 6.45) is 0.0341. The highest BCUT2D eigenvalue weighted by molar-refractivity contribution is 7.89. The van der Waals surface area contributed by atoms with E-state index >= 15 is 0 Å². The van der Waals surface area contributed by atoms with E-state index in [0.29, 0.717) is 38.5 Å². The van der Waals surface area contributed by atoms with Gasteiger partial charge in [0.2, 0.25) is 10.0 Å². The zero-order valence-corrected chi connectivity index (χ0v) is 19.2. The summed E-state index contributed by atoms with van der Waals surface area (Å²) < 4.78 is 35.0. The molecule has 1 aliphatic heterocycles. The van der Waals surface area contributed by atoms with E-state index in [2.05, 4.69) is 0 Å². The Balaban J connectivity index is 1.60.